The van der Waals surface area contributed by atoms with Crippen molar-refractivity contribution in [1.29, 1.82) is 0 Å². The third-order valence-corrected chi connectivity index (χ3v) is 3.92. The number of esters is 1. The number of hydrogen-bond donors (Lipinski definition) is 2. The van der Waals surface area contributed by atoms with E-state index in [9.17, 15) is 9.59 Å². The van der Waals surface area contributed by atoms with E-state index in [2.05, 4.69) is 5.32 Å². The van der Waals surface area contributed by atoms with E-state index >= 15 is 0 Å². The first kappa shape index (κ1) is 18.9. The van der Waals surface area contributed by atoms with Crippen LogP contribution in [0.1, 0.15) is 23.7 Å². The molecule has 1 aromatic rings. The molecule has 1 heterocycles. The predicted molar refractivity (Wildman–Crippen MR) is 90.5 cm³/mol. The molecule has 0 saturated carbocycles. The number of amides is 1. The van der Waals surface area contributed by atoms with E-state index in [1.807, 2.05) is 0 Å². The summed E-state index contributed by atoms with van der Waals surface area (Å²) in [5, 5.41) is 12.3. The second-order valence-corrected chi connectivity index (χ2v) is 5.60. The van der Waals surface area contributed by atoms with Gasteiger partial charge in [0.05, 0.1) is 25.9 Å². The van der Waals surface area contributed by atoms with Gasteiger partial charge in [0.15, 0.2) is 11.5 Å². The number of methoxy groups -OCH3 is 1. The molecule has 1 aliphatic rings. The minimum atomic E-state index is -0.899. The zero-order chi connectivity index (χ0) is 18.2. The Balaban J connectivity index is 1.89. The van der Waals surface area contributed by atoms with Gasteiger partial charge in [-0.25, -0.2) is 9.59 Å². The molecule has 1 saturated heterocycles. The van der Waals surface area contributed by atoms with Crippen LogP contribution in [0.3, 0.4) is 0 Å². The minimum Gasteiger partial charge on any atom is -0.493 e. The van der Waals surface area contributed by atoms with Crippen molar-refractivity contribution in [3.63, 3.8) is 0 Å². The Kier molecular flexibility index (Phi) is 6.88. The lowest BCUT2D eigenvalue weighted by molar-refractivity contribution is 0.0525. The highest BCUT2D eigenvalue weighted by Gasteiger charge is 2.22. The van der Waals surface area contributed by atoms with Crippen molar-refractivity contribution in [1.82, 2.24) is 10.2 Å². The van der Waals surface area contributed by atoms with E-state index in [0.29, 0.717) is 56.3 Å². The van der Waals surface area contributed by atoms with Gasteiger partial charge in [0, 0.05) is 25.7 Å². The lowest BCUT2D eigenvalue weighted by Gasteiger charge is -2.31. The number of rotatable bonds is 7. The SMILES string of the molecule is CCOC(=O)c1ccc(OCC[C@@H]2CN(C(=O)O)CCN2)c(OC)c1. The Morgan fingerprint density at radius 3 is 2.84 bits per heavy atom. The maximum absolute atomic E-state index is 11.8. The van der Waals surface area contributed by atoms with Crippen molar-refractivity contribution >= 4 is 12.1 Å². The molecule has 0 unspecified atom stereocenters. The van der Waals surface area contributed by atoms with Gasteiger partial charge < -0.3 is 29.5 Å². The lowest BCUT2D eigenvalue weighted by Crippen LogP contribution is -2.52. The second kappa shape index (κ2) is 9.12. The highest BCUT2D eigenvalue weighted by molar-refractivity contribution is 5.90. The Morgan fingerprint density at radius 2 is 2.16 bits per heavy atom. The number of carbonyl (C=O) groups excluding carboxylic acids is 1. The van der Waals surface area contributed by atoms with Gasteiger partial charge in [0.2, 0.25) is 0 Å². The molecule has 138 valence electrons. The largest absolute Gasteiger partial charge is 0.493 e. The van der Waals surface area contributed by atoms with E-state index in [1.165, 1.54) is 12.0 Å². The fourth-order valence-electron chi connectivity index (χ4n) is 2.63. The van der Waals surface area contributed by atoms with Crippen LogP contribution in [0, 0.1) is 0 Å². The molecule has 0 aromatic heterocycles. The average molecular weight is 352 g/mol. The maximum Gasteiger partial charge on any atom is 0.407 e. The first-order valence-electron chi connectivity index (χ1n) is 8.24. The number of carbonyl (C=O) groups is 2. The lowest BCUT2D eigenvalue weighted by atomic mass is 10.1. The van der Waals surface area contributed by atoms with Gasteiger partial charge in [-0.05, 0) is 31.5 Å². The summed E-state index contributed by atoms with van der Waals surface area (Å²) < 4.78 is 16.0. The highest BCUT2D eigenvalue weighted by atomic mass is 16.5. The number of benzene rings is 1. The summed E-state index contributed by atoms with van der Waals surface area (Å²) in [6.07, 6.45) is -0.240. The third-order valence-electron chi connectivity index (χ3n) is 3.92. The van der Waals surface area contributed by atoms with Crippen LogP contribution in [-0.4, -0.2) is 68.1 Å². The van der Waals surface area contributed by atoms with E-state index in [0.717, 1.165) is 0 Å². The standard InChI is InChI=1S/C17H24N2O6/c1-3-24-16(20)12-4-5-14(15(10-12)23-2)25-9-6-13-11-19(17(21)22)8-7-18-13/h4-5,10,13,18H,3,6-9,11H2,1-2H3,(H,21,22)/t13-/m1/s1. The van der Waals surface area contributed by atoms with Crippen LogP contribution < -0.4 is 14.8 Å². The maximum atomic E-state index is 11.8. The van der Waals surface area contributed by atoms with Crippen molar-refractivity contribution in [2.45, 2.75) is 19.4 Å². The smallest absolute Gasteiger partial charge is 0.407 e. The first-order chi connectivity index (χ1) is 12.0. The number of nitrogens with one attached hydrogen (secondary N) is 1. The average Bonchev–Trinajstić information content (AvgIpc) is 2.62. The van der Waals surface area contributed by atoms with Crippen LogP contribution in [0.4, 0.5) is 4.79 Å². The van der Waals surface area contributed by atoms with Crippen LogP contribution in [-0.2, 0) is 4.74 Å². The summed E-state index contributed by atoms with van der Waals surface area (Å²) in [5.74, 6) is 0.572. The molecule has 0 bridgehead atoms. The zero-order valence-electron chi connectivity index (χ0n) is 14.5. The zero-order valence-corrected chi connectivity index (χ0v) is 14.5. The van der Waals surface area contributed by atoms with Crippen molar-refractivity contribution < 1.29 is 28.9 Å². The van der Waals surface area contributed by atoms with E-state index in [4.69, 9.17) is 19.3 Å². The Labute approximate surface area is 146 Å². The molecule has 8 heteroatoms. The number of ether oxygens (including phenoxy) is 3. The predicted octanol–water partition coefficient (Wildman–Crippen LogP) is 1.59. The molecule has 2 rings (SSSR count). The van der Waals surface area contributed by atoms with Gasteiger partial charge in [-0.3, -0.25) is 0 Å². The quantitative estimate of drug-likeness (QED) is 0.719. The summed E-state index contributed by atoms with van der Waals surface area (Å²) in [5.41, 5.74) is 0.400. The molecule has 0 radical (unpaired) electrons. The van der Waals surface area contributed by atoms with Crippen molar-refractivity contribution in [3.8, 4) is 11.5 Å². The number of piperazine rings is 1. The molecule has 2 N–H and O–H groups in total. The fraction of sp³-hybridized carbons (Fsp3) is 0.529. The van der Waals surface area contributed by atoms with Crippen LogP contribution >= 0.6 is 0 Å². The minimum absolute atomic E-state index is 0.0506. The molecule has 1 amide bonds. The molecule has 25 heavy (non-hydrogen) atoms. The summed E-state index contributed by atoms with van der Waals surface area (Å²) in [7, 11) is 1.50. The normalized spacial score (nSPS) is 17.0. The third kappa shape index (κ3) is 5.25. The Morgan fingerprint density at radius 1 is 1.36 bits per heavy atom. The molecule has 1 atom stereocenters. The topological polar surface area (TPSA) is 97.3 Å². The molecular formula is C17H24N2O6. The summed E-state index contributed by atoms with van der Waals surface area (Å²) in [6.45, 7) is 4.03. The monoisotopic (exact) mass is 352 g/mol. The molecule has 0 spiro atoms. The molecule has 1 fully saturated rings. The van der Waals surface area contributed by atoms with Crippen molar-refractivity contribution in [3.05, 3.63) is 23.8 Å². The van der Waals surface area contributed by atoms with Crippen LogP contribution in [0.5, 0.6) is 11.5 Å². The molecular weight excluding hydrogens is 328 g/mol. The van der Waals surface area contributed by atoms with E-state index in [1.54, 1.807) is 25.1 Å². The molecule has 8 nitrogen and oxygen atoms in total. The Hall–Kier alpha value is -2.48. The molecule has 1 aliphatic heterocycles. The second-order valence-electron chi connectivity index (χ2n) is 5.60. The number of carboxylic acid groups (broad SMARTS) is 1. The molecule has 0 aliphatic carbocycles. The van der Waals surface area contributed by atoms with Crippen LogP contribution in [0.15, 0.2) is 18.2 Å². The highest BCUT2D eigenvalue weighted by Crippen LogP contribution is 2.28. The number of nitrogens with zero attached hydrogens (tertiary/aromatic N) is 1. The number of hydrogen-bond acceptors (Lipinski definition) is 6. The van der Waals surface area contributed by atoms with Gasteiger partial charge in [-0.15, -0.1) is 0 Å². The summed E-state index contributed by atoms with van der Waals surface area (Å²) in [4.78, 5) is 24.2. The van der Waals surface area contributed by atoms with Gasteiger partial charge >= 0.3 is 12.1 Å². The van der Waals surface area contributed by atoms with Crippen molar-refractivity contribution in [2.75, 3.05) is 40.0 Å². The fourth-order valence-corrected chi connectivity index (χ4v) is 2.63. The van der Waals surface area contributed by atoms with Gasteiger partial charge in [-0.2, -0.15) is 0 Å². The van der Waals surface area contributed by atoms with Crippen LogP contribution in [0.25, 0.3) is 0 Å². The van der Waals surface area contributed by atoms with Crippen LogP contribution in [0.2, 0.25) is 0 Å². The summed E-state index contributed by atoms with van der Waals surface area (Å²) in [6, 6.07) is 4.93. The summed E-state index contributed by atoms with van der Waals surface area (Å²) >= 11 is 0. The van der Waals surface area contributed by atoms with E-state index < -0.39 is 12.1 Å². The van der Waals surface area contributed by atoms with E-state index in [-0.39, 0.29) is 6.04 Å². The van der Waals surface area contributed by atoms with Crippen molar-refractivity contribution in [2.24, 2.45) is 0 Å². The Bertz CT molecular complexity index is 607. The van der Waals surface area contributed by atoms with Gasteiger partial charge in [-0.1, -0.05) is 0 Å². The first-order valence-corrected chi connectivity index (χ1v) is 8.24. The van der Waals surface area contributed by atoms with Gasteiger partial charge in [0.1, 0.15) is 0 Å². The molecule has 1 aromatic carbocycles. The van der Waals surface area contributed by atoms with Gasteiger partial charge in [0.25, 0.3) is 0 Å².